The van der Waals surface area contributed by atoms with E-state index in [1.807, 2.05) is 31.2 Å². The summed E-state index contributed by atoms with van der Waals surface area (Å²) in [5, 5.41) is 16.0. The van der Waals surface area contributed by atoms with E-state index in [2.05, 4.69) is 32.6 Å². The van der Waals surface area contributed by atoms with Gasteiger partial charge in [0.15, 0.2) is 0 Å². The van der Waals surface area contributed by atoms with Crippen LogP contribution in [0.2, 0.25) is 5.02 Å². The molecular weight excluding hydrogens is 474 g/mol. The lowest BCUT2D eigenvalue weighted by atomic mass is 9.87. The van der Waals surface area contributed by atoms with Crippen LogP contribution in [-0.2, 0) is 9.59 Å². The van der Waals surface area contributed by atoms with Gasteiger partial charge in [-0.15, -0.1) is 0 Å². The molecule has 0 aliphatic carbocycles. The third-order valence-corrected chi connectivity index (χ3v) is 6.21. The normalized spacial score (nSPS) is 16.2. The number of anilines is 1. The lowest BCUT2D eigenvalue weighted by molar-refractivity contribution is -0.121. The highest BCUT2D eigenvalue weighted by molar-refractivity contribution is 9.10. The van der Waals surface area contributed by atoms with Crippen molar-refractivity contribution in [2.75, 3.05) is 11.1 Å². The van der Waals surface area contributed by atoms with E-state index >= 15 is 0 Å². The number of allylic oxidation sites excluding steroid dienone is 1. The Bertz CT molecular complexity index is 1030. The fourth-order valence-corrected chi connectivity index (χ4v) is 4.53. The van der Waals surface area contributed by atoms with Gasteiger partial charge in [0.2, 0.25) is 11.8 Å². The summed E-state index contributed by atoms with van der Waals surface area (Å²) in [5.74, 6) is -0.738. The van der Waals surface area contributed by atoms with Gasteiger partial charge in [0.25, 0.3) is 0 Å². The molecule has 8 heteroatoms. The van der Waals surface area contributed by atoms with Gasteiger partial charge in [0.1, 0.15) is 0 Å². The number of amides is 2. The summed E-state index contributed by atoms with van der Waals surface area (Å²) >= 11 is 10.6. The van der Waals surface area contributed by atoms with Crippen LogP contribution in [0, 0.1) is 18.3 Å². The minimum atomic E-state index is -0.319. The van der Waals surface area contributed by atoms with Gasteiger partial charge in [-0.1, -0.05) is 69.1 Å². The largest absolute Gasteiger partial charge is 0.324 e. The van der Waals surface area contributed by atoms with Gasteiger partial charge < -0.3 is 10.6 Å². The minimum Gasteiger partial charge on any atom is -0.324 e. The molecule has 2 N–H and O–H groups in total. The summed E-state index contributed by atoms with van der Waals surface area (Å²) in [6, 6.07) is 15.2. The Balaban J connectivity index is 1.75. The van der Waals surface area contributed by atoms with Crippen molar-refractivity contribution in [3.05, 3.63) is 73.7 Å². The molecule has 3 rings (SSSR count). The molecule has 0 aromatic heterocycles. The van der Waals surface area contributed by atoms with Crippen LogP contribution >= 0.6 is 39.3 Å². The summed E-state index contributed by atoms with van der Waals surface area (Å²) in [6.07, 6.45) is 0.205. The lowest BCUT2D eigenvalue weighted by Crippen LogP contribution is -2.31. The van der Waals surface area contributed by atoms with Crippen LogP contribution < -0.4 is 10.6 Å². The monoisotopic (exact) mass is 489 g/mol. The molecule has 2 amide bonds. The Morgan fingerprint density at radius 2 is 2.07 bits per heavy atom. The Hall–Kier alpha value is -2.27. The number of halogens is 2. The number of benzene rings is 2. The molecular formula is C21H17BrClN3O2S. The fraction of sp³-hybridized carbons (Fsp3) is 0.190. The highest BCUT2D eigenvalue weighted by atomic mass is 79.9. The van der Waals surface area contributed by atoms with Crippen LogP contribution in [0.25, 0.3) is 0 Å². The first-order valence-electron chi connectivity index (χ1n) is 8.75. The number of hydrogen-bond donors (Lipinski definition) is 2. The summed E-state index contributed by atoms with van der Waals surface area (Å²) in [5.41, 5.74) is 2.98. The molecule has 0 saturated heterocycles. The molecule has 0 saturated carbocycles. The molecule has 1 aliphatic rings. The third kappa shape index (κ3) is 5.41. The number of carbonyl (C=O) groups is 2. The molecule has 0 unspecified atom stereocenters. The Kier molecular flexibility index (Phi) is 7.01. The van der Waals surface area contributed by atoms with Gasteiger partial charge in [0, 0.05) is 16.8 Å². The van der Waals surface area contributed by atoms with Gasteiger partial charge >= 0.3 is 0 Å². The van der Waals surface area contributed by atoms with Crippen molar-refractivity contribution >= 4 is 56.8 Å². The van der Waals surface area contributed by atoms with Gasteiger partial charge in [-0.2, -0.15) is 5.26 Å². The molecule has 0 radical (unpaired) electrons. The number of rotatable bonds is 5. The van der Waals surface area contributed by atoms with Crippen LogP contribution in [0.1, 0.15) is 23.5 Å². The van der Waals surface area contributed by atoms with Crippen LogP contribution in [0.15, 0.2) is 57.5 Å². The average Bonchev–Trinajstić information content (AvgIpc) is 2.68. The number of nitrogens with zero attached hydrogens (tertiary/aromatic N) is 1. The summed E-state index contributed by atoms with van der Waals surface area (Å²) in [4.78, 5) is 24.5. The molecule has 2 aromatic rings. The second-order valence-electron chi connectivity index (χ2n) is 6.53. The van der Waals surface area contributed by atoms with E-state index in [0.717, 1.165) is 27.4 Å². The second kappa shape index (κ2) is 9.49. The average molecular weight is 491 g/mol. The maximum Gasteiger partial charge on any atom is 0.234 e. The van der Waals surface area contributed by atoms with Crippen molar-refractivity contribution in [1.82, 2.24) is 5.32 Å². The van der Waals surface area contributed by atoms with E-state index < -0.39 is 0 Å². The first-order chi connectivity index (χ1) is 13.9. The number of nitriles is 1. The summed E-state index contributed by atoms with van der Waals surface area (Å²) in [7, 11) is 0. The summed E-state index contributed by atoms with van der Waals surface area (Å²) in [6.45, 7) is 1.98. The highest BCUT2D eigenvalue weighted by Crippen LogP contribution is 2.36. The SMILES string of the molecule is Cc1ccc([C@@H]2CC(=O)NC(SCC(=O)Nc3ccc(Br)cc3Cl)=C2C#N)cc1. The topological polar surface area (TPSA) is 82.0 Å². The van der Waals surface area contributed by atoms with Gasteiger partial charge in [-0.3, -0.25) is 9.59 Å². The van der Waals surface area contributed by atoms with E-state index in [4.69, 9.17) is 11.6 Å². The summed E-state index contributed by atoms with van der Waals surface area (Å²) < 4.78 is 0.811. The van der Waals surface area contributed by atoms with Crippen molar-refractivity contribution < 1.29 is 9.59 Å². The second-order valence-corrected chi connectivity index (χ2v) is 8.84. The van der Waals surface area contributed by atoms with Crippen LogP contribution in [0.5, 0.6) is 0 Å². The molecule has 0 fully saturated rings. The van der Waals surface area contributed by atoms with E-state index in [-0.39, 0.29) is 29.9 Å². The molecule has 148 valence electrons. The molecule has 1 atom stereocenters. The Morgan fingerprint density at radius 1 is 1.34 bits per heavy atom. The van der Waals surface area contributed by atoms with Crippen molar-refractivity contribution in [3.8, 4) is 6.07 Å². The van der Waals surface area contributed by atoms with Crippen LogP contribution in [0.3, 0.4) is 0 Å². The fourth-order valence-electron chi connectivity index (χ4n) is 2.93. The maximum atomic E-state index is 12.3. The molecule has 29 heavy (non-hydrogen) atoms. The van der Waals surface area contributed by atoms with E-state index in [1.165, 1.54) is 0 Å². The first kappa shape index (κ1) is 21.4. The van der Waals surface area contributed by atoms with Crippen molar-refractivity contribution in [2.24, 2.45) is 0 Å². The van der Waals surface area contributed by atoms with E-state index in [1.54, 1.807) is 18.2 Å². The molecule has 0 bridgehead atoms. The van der Waals surface area contributed by atoms with Crippen LogP contribution in [0.4, 0.5) is 5.69 Å². The van der Waals surface area contributed by atoms with Gasteiger partial charge in [-0.05, 0) is 30.7 Å². The molecule has 5 nitrogen and oxygen atoms in total. The molecule has 2 aromatic carbocycles. The number of hydrogen-bond acceptors (Lipinski definition) is 4. The van der Waals surface area contributed by atoms with E-state index in [9.17, 15) is 14.9 Å². The van der Waals surface area contributed by atoms with Crippen LogP contribution in [-0.4, -0.2) is 17.6 Å². The van der Waals surface area contributed by atoms with Crippen molar-refractivity contribution in [2.45, 2.75) is 19.3 Å². The lowest BCUT2D eigenvalue weighted by Gasteiger charge is -2.25. The highest BCUT2D eigenvalue weighted by Gasteiger charge is 2.29. The molecule has 0 spiro atoms. The zero-order chi connectivity index (χ0) is 21.0. The minimum absolute atomic E-state index is 0.0355. The van der Waals surface area contributed by atoms with E-state index in [0.29, 0.717) is 21.3 Å². The zero-order valence-electron chi connectivity index (χ0n) is 15.5. The molecule has 1 aliphatic heterocycles. The predicted molar refractivity (Wildman–Crippen MR) is 120 cm³/mol. The van der Waals surface area contributed by atoms with Crippen molar-refractivity contribution in [3.63, 3.8) is 0 Å². The third-order valence-electron chi connectivity index (χ3n) is 4.39. The number of nitrogens with one attached hydrogen (secondary N) is 2. The van der Waals surface area contributed by atoms with Gasteiger partial charge in [-0.25, -0.2) is 0 Å². The Labute approximate surface area is 186 Å². The molecule has 1 heterocycles. The zero-order valence-corrected chi connectivity index (χ0v) is 18.6. The number of thioether (sulfide) groups is 1. The maximum absolute atomic E-state index is 12.3. The quantitative estimate of drug-likeness (QED) is 0.609. The standard InChI is InChI=1S/C21H17BrClN3O2S/c1-12-2-4-13(5-3-12)15-9-19(27)26-21(16(15)10-24)29-11-20(28)25-18-7-6-14(22)8-17(18)23/h2-8,15H,9,11H2,1H3,(H,25,28)(H,26,27)/t15-/m0/s1. The predicted octanol–water partition coefficient (Wildman–Crippen LogP) is 5.12. The van der Waals surface area contributed by atoms with Crippen molar-refractivity contribution in [1.29, 1.82) is 5.26 Å². The number of carbonyl (C=O) groups excluding carboxylic acids is 2. The Morgan fingerprint density at radius 3 is 2.72 bits per heavy atom. The smallest absolute Gasteiger partial charge is 0.234 e. The first-order valence-corrected chi connectivity index (χ1v) is 10.9. The van der Waals surface area contributed by atoms with Gasteiger partial charge in [0.05, 0.1) is 33.1 Å². The number of aryl methyl sites for hydroxylation is 1.